The van der Waals surface area contributed by atoms with Gasteiger partial charge in [0.05, 0.1) is 0 Å². The highest BCUT2D eigenvalue weighted by Crippen LogP contribution is 2.20. The Hall–Kier alpha value is -2.25. The van der Waals surface area contributed by atoms with E-state index in [1.165, 1.54) is 5.56 Å². The van der Waals surface area contributed by atoms with Crippen molar-refractivity contribution in [2.45, 2.75) is 51.7 Å². The SMILES string of the molecule is CCC1NNC(C(=O)N2CCc3nnc(Cc4ccccc4)n3CC2)C1C. The number of hydrogen-bond donors (Lipinski definition) is 2. The third-order valence-electron chi connectivity index (χ3n) is 5.91. The van der Waals surface area contributed by atoms with E-state index >= 15 is 0 Å². The molecule has 0 spiro atoms. The number of nitrogens with one attached hydrogen (secondary N) is 2. The molecule has 144 valence electrons. The standard InChI is InChI=1S/C20H28N6O/c1-3-16-14(2)19(24-21-16)20(27)25-10-9-17-22-23-18(26(17)12-11-25)13-15-7-5-4-6-8-15/h4-8,14,16,19,21,24H,3,9-13H2,1-2H3. The monoisotopic (exact) mass is 368 g/mol. The summed E-state index contributed by atoms with van der Waals surface area (Å²) in [6, 6.07) is 10.5. The fraction of sp³-hybridized carbons (Fsp3) is 0.550. The molecule has 0 saturated carbocycles. The van der Waals surface area contributed by atoms with Gasteiger partial charge in [-0.05, 0) is 17.9 Å². The molecule has 7 heteroatoms. The highest BCUT2D eigenvalue weighted by Gasteiger charge is 2.38. The van der Waals surface area contributed by atoms with E-state index in [2.05, 4.69) is 51.6 Å². The first-order valence-electron chi connectivity index (χ1n) is 9.92. The summed E-state index contributed by atoms with van der Waals surface area (Å²) in [4.78, 5) is 15.0. The Balaban J connectivity index is 1.44. The smallest absolute Gasteiger partial charge is 0.241 e. The highest BCUT2D eigenvalue weighted by molar-refractivity contribution is 5.82. The fourth-order valence-corrected chi connectivity index (χ4v) is 4.16. The lowest BCUT2D eigenvalue weighted by Crippen LogP contribution is -2.48. The summed E-state index contributed by atoms with van der Waals surface area (Å²) in [5.74, 6) is 2.44. The predicted molar refractivity (Wildman–Crippen MR) is 103 cm³/mol. The van der Waals surface area contributed by atoms with Gasteiger partial charge in [0.2, 0.25) is 5.91 Å². The molecule has 4 rings (SSSR count). The Labute approximate surface area is 160 Å². The van der Waals surface area contributed by atoms with Crippen LogP contribution in [0.4, 0.5) is 0 Å². The van der Waals surface area contributed by atoms with Gasteiger partial charge in [-0.2, -0.15) is 0 Å². The van der Waals surface area contributed by atoms with Gasteiger partial charge in [-0.25, -0.2) is 5.43 Å². The maximum absolute atomic E-state index is 13.1. The largest absolute Gasteiger partial charge is 0.339 e. The van der Waals surface area contributed by atoms with Crippen LogP contribution in [0.1, 0.15) is 37.5 Å². The molecule has 0 aliphatic carbocycles. The average Bonchev–Trinajstić information content (AvgIpc) is 3.17. The van der Waals surface area contributed by atoms with Crippen LogP contribution in [0.2, 0.25) is 0 Å². The molecular weight excluding hydrogens is 340 g/mol. The van der Waals surface area contributed by atoms with Crippen LogP contribution in [-0.4, -0.2) is 50.7 Å². The van der Waals surface area contributed by atoms with Crippen LogP contribution >= 0.6 is 0 Å². The normalized spacial score (nSPS) is 25.3. The summed E-state index contributed by atoms with van der Waals surface area (Å²) < 4.78 is 2.19. The summed E-state index contributed by atoms with van der Waals surface area (Å²) in [6.45, 7) is 6.45. The van der Waals surface area contributed by atoms with Crippen molar-refractivity contribution in [1.82, 2.24) is 30.5 Å². The van der Waals surface area contributed by atoms with E-state index in [4.69, 9.17) is 0 Å². The third kappa shape index (κ3) is 3.61. The molecule has 2 aromatic rings. The molecule has 2 aliphatic heterocycles. The predicted octanol–water partition coefficient (Wildman–Crippen LogP) is 1.14. The molecule has 3 heterocycles. The van der Waals surface area contributed by atoms with Gasteiger partial charge in [0, 0.05) is 38.5 Å². The summed E-state index contributed by atoms with van der Waals surface area (Å²) in [5, 5.41) is 8.79. The molecule has 1 amide bonds. The van der Waals surface area contributed by atoms with Gasteiger partial charge in [0.15, 0.2) is 0 Å². The van der Waals surface area contributed by atoms with Gasteiger partial charge < -0.3 is 9.47 Å². The van der Waals surface area contributed by atoms with E-state index in [1.807, 2.05) is 23.1 Å². The number of aromatic nitrogens is 3. The van der Waals surface area contributed by atoms with E-state index in [9.17, 15) is 4.79 Å². The Kier molecular flexibility index (Phi) is 5.22. The lowest BCUT2D eigenvalue weighted by molar-refractivity contribution is -0.134. The zero-order chi connectivity index (χ0) is 18.8. The van der Waals surface area contributed by atoms with Crippen molar-refractivity contribution < 1.29 is 4.79 Å². The second-order valence-corrected chi connectivity index (χ2v) is 7.56. The minimum atomic E-state index is -0.151. The summed E-state index contributed by atoms with van der Waals surface area (Å²) >= 11 is 0. The lowest BCUT2D eigenvalue weighted by Gasteiger charge is -2.26. The first-order valence-corrected chi connectivity index (χ1v) is 9.92. The van der Waals surface area contributed by atoms with Crippen molar-refractivity contribution in [1.29, 1.82) is 0 Å². The maximum atomic E-state index is 13.1. The minimum Gasteiger partial charge on any atom is -0.339 e. The number of carbonyl (C=O) groups is 1. The number of hydrazine groups is 1. The molecule has 3 atom stereocenters. The van der Waals surface area contributed by atoms with E-state index in [0.717, 1.165) is 37.5 Å². The van der Waals surface area contributed by atoms with Gasteiger partial charge in [-0.1, -0.05) is 44.2 Å². The molecule has 1 aromatic heterocycles. The molecule has 7 nitrogen and oxygen atoms in total. The van der Waals surface area contributed by atoms with Crippen LogP contribution in [-0.2, 0) is 24.2 Å². The van der Waals surface area contributed by atoms with E-state index in [1.54, 1.807) is 0 Å². The number of hydrogen-bond acceptors (Lipinski definition) is 5. The molecule has 27 heavy (non-hydrogen) atoms. The molecule has 3 unspecified atom stereocenters. The minimum absolute atomic E-state index is 0.151. The fourth-order valence-electron chi connectivity index (χ4n) is 4.16. The van der Waals surface area contributed by atoms with Crippen molar-refractivity contribution >= 4 is 5.91 Å². The van der Waals surface area contributed by atoms with Crippen molar-refractivity contribution in [2.75, 3.05) is 13.1 Å². The number of carbonyl (C=O) groups excluding carboxylic acids is 1. The topological polar surface area (TPSA) is 75.1 Å². The molecule has 0 radical (unpaired) electrons. The first kappa shape index (κ1) is 18.1. The van der Waals surface area contributed by atoms with Gasteiger partial charge in [0.25, 0.3) is 0 Å². The quantitative estimate of drug-likeness (QED) is 0.847. The Morgan fingerprint density at radius 1 is 1.15 bits per heavy atom. The molecular formula is C20H28N6O. The van der Waals surface area contributed by atoms with Crippen molar-refractivity contribution in [3.05, 3.63) is 47.5 Å². The molecule has 2 aliphatic rings. The number of amides is 1. The molecule has 2 N–H and O–H groups in total. The Bertz CT molecular complexity index is 789. The van der Waals surface area contributed by atoms with Crippen LogP contribution in [0.15, 0.2) is 30.3 Å². The molecule has 1 aromatic carbocycles. The van der Waals surface area contributed by atoms with Crippen molar-refractivity contribution in [3.8, 4) is 0 Å². The average molecular weight is 368 g/mol. The Morgan fingerprint density at radius 3 is 2.70 bits per heavy atom. The van der Waals surface area contributed by atoms with Crippen molar-refractivity contribution in [2.24, 2.45) is 5.92 Å². The van der Waals surface area contributed by atoms with Gasteiger partial charge in [0.1, 0.15) is 17.7 Å². The second-order valence-electron chi connectivity index (χ2n) is 7.56. The van der Waals surface area contributed by atoms with Gasteiger partial charge in [-0.3, -0.25) is 10.2 Å². The van der Waals surface area contributed by atoms with Crippen LogP contribution in [0, 0.1) is 5.92 Å². The summed E-state index contributed by atoms with van der Waals surface area (Å²) in [7, 11) is 0. The van der Waals surface area contributed by atoms with Crippen LogP contribution in [0.5, 0.6) is 0 Å². The zero-order valence-electron chi connectivity index (χ0n) is 16.1. The van der Waals surface area contributed by atoms with Crippen LogP contribution in [0.3, 0.4) is 0 Å². The molecule has 0 bridgehead atoms. The summed E-state index contributed by atoms with van der Waals surface area (Å²) in [5.41, 5.74) is 7.70. The van der Waals surface area contributed by atoms with Crippen LogP contribution in [0.25, 0.3) is 0 Å². The molecule has 1 saturated heterocycles. The number of fused-ring (bicyclic) bond motifs is 1. The van der Waals surface area contributed by atoms with E-state index < -0.39 is 0 Å². The number of nitrogens with zero attached hydrogens (tertiary/aromatic N) is 4. The number of benzene rings is 1. The van der Waals surface area contributed by atoms with Gasteiger partial charge in [-0.15, -0.1) is 10.2 Å². The highest BCUT2D eigenvalue weighted by atomic mass is 16.2. The van der Waals surface area contributed by atoms with Crippen LogP contribution < -0.4 is 10.9 Å². The van der Waals surface area contributed by atoms with E-state index in [0.29, 0.717) is 19.1 Å². The maximum Gasteiger partial charge on any atom is 0.241 e. The number of rotatable bonds is 4. The first-order chi connectivity index (χ1) is 13.2. The zero-order valence-corrected chi connectivity index (χ0v) is 16.1. The lowest BCUT2D eigenvalue weighted by atomic mass is 9.94. The van der Waals surface area contributed by atoms with Crippen molar-refractivity contribution in [3.63, 3.8) is 0 Å². The van der Waals surface area contributed by atoms with E-state index in [-0.39, 0.29) is 17.9 Å². The second kappa shape index (κ2) is 7.78. The molecule has 1 fully saturated rings. The third-order valence-corrected chi connectivity index (χ3v) is 5.91. The van der Waals surface area contributed by atoms with Gasteiger partial charge >= 0.3 is 0 Å². The Morgan fingerprint density at radius 2 is 1.96 bits per heavy atom. The summed E-state index contributed by atoms with van der Waals surface area (Å²) in [6.07, 6.45) is 2.53.